The van der Waals surface area contributed by atoms with Gasteiger partial charge in [-0.25, -0.2) is 0 Å². The van der Waals surface area contributed by atoms with Crippen LogP contribution in [-0.2, 0) is 0 Å². The summed E-state index contributed by atoms with van der Waals surface area (Å²) in [5, 5.41) is 24.4. The first kappa shape index (κ1) is 14.7. The van der Waals surface area contributed by atoms with E-state index in [1.165, 1.54) is 4.88 Å². The molecule has 1 heterocycles. The third kappa shape index (κ3) is 3.67. The number of benzene rings is 1. The summed E-state index contributed by atoms with van der Waals surface area (Å²) in [7, 11) is 0. The summed E-state index contributed by atoms with van der Waals surface area (Å²) < 4.78 is 0. The number of hydrogen-bond donors (Lipinski definition) is 2. The average Bonchev–Trinajstić information content (AvgIpc) is 3.02. The van der Waals surface area contributed by atoms with Crippen LogP contribution >= 0.6 is 11.3 Å². The average molecular weight is 286 g/mol. The molecule has 1 aromatic carbocycles. The minimum atomic E-state index is -0.559. The predicted molar refractivity (Wildman–Crippen MR) is 81.5 cm³/mol. The Morgan fingerprint density at radius 1 is 1.30 bits per heavy atom. The molecule has 0 aliphatic heterocycles. The summed E-state index contributed by atoms with van der Waals surface area (Å²) in [4.78, 5) is 1.29. The SMILES string of the molecule is CCC(NCC(O)c1ccc(C#N)cc1)c1cccs1. The number of aliphatic hydroxyl groups excluding tert-OH is 1. The molecule has 0 amide bonds. The van der Waals surface area contributed by atoms with Crippen LogP contribution in [0.25, 0.3) is 0 Å². The van der Waals surface area contributed by atoms with Crippen LogP contribution in [0.5, 0.6) is 0 Å². The highest BCUT2D eigenvalue weighted by Crippen LogP contribution is 2.22. The first-order valence-corrected chi connectivity index (χ1v) is 7.57. The molecule has 0 saturated heterocycles. The molecule has 0 fully saturated rings. The van der Waals surface area contributed by atoms with Gasteiger partial charge >= 0.3 is 0 Å². The zero-order valence-electron chi connectivity index (χ0n) is 11.4. The van der Waals surface area contributed by atoms with Gasteiger partial charge in [-0.15, -0.1) is 11.3 Å². The van der Waals surface area contributed by atoms with E-state index in [9.17, 15) is 5.11 Å². The Hall–Kier alpha value is -1.67. The molecule has 20 heavy (non-hydrogen) atoms. The van der Waals surface area contributed by atoms with Gasteiger partial charge in [0.1, 0.15) is 0 Å². The fraction of sp³-hybridized carbons (Fsp3) is 0.312. The third-order valence-corrected chi connectivity index (χ3v) is 4.26. The van der Waals surface area contributed by atoms with Crippen molar-refractivity contribution in [1.29, 1.82) is 5.26 Å². The second-order valence-electron chi connectivity index (χ2n) is 4.63. The molecule has 2 atom stereocenters. The molecule has 4 heteroatoms. The fourth-order valence-electron chi connectivity index (χ4n) is 2.09. The smallest absolute Gasteiger partial charge is 0.0991 e. The molecule has 0 saturated carbocycles. The van der Waals surface area contributed by atoms with Crippen molar-refractivity contribution in [3.05, 3.63) is 57.8 Å². The van der Waals surface area contributed by atoms with Gasteiger partial charge in [-0.3, -0.25) is 0 Å². The van der Waals surface area contributed by atoms with Gasteiger partial charge < -0.3 is 10.4 Å². The second kappa shape index (κ2) is 7.20. The van der Waals surface area contributed by atoms with E-state index in [-0.39, 0.29) is 6.04 Å². The standard InChI is InChI=1S/C16H18N2OS/c1-2-14(16-4-3-9-20-16)18-11-15(19)13-7-5-12(10-17)6-8-13/h3-9,14-15,18-19H,2,11H2,1H3. The van der Waals surface area contributed by atoms with Crippen LogP contribution in [0.2, 0.25) is 0 Å². The maximum Gasteiger partial charge on any atom is 0.0991 e. The Balaban J connectivity index is 1.93. The van der Waals surface area contributed by atoms with Gasteiger partial charge in [-0.1, -0.05) is 25.1 Å². The number of thiophene rings is 1. The number of nitriles is 1. The Labute approximate surface area is 123 Å². The highest BCUT2D eigenvalue weighted by molar-refractivity contribution is 7.10. The third-order valence-electron chi connectivity index (χ3n) is 3.28. The van der Waals surface area contributed by atoms with Gasteiger partial charge in [-0.2, -0.15) is 5.26 Å². The van der Waals surface area contributed by atoms with E-state index in [1.54, 1.807) is 35.6 Å². The van der Waals surface area contributed by atoms with Crippen LogP contribution in [0.3, 0.4) is 0 Å². The van der Waals surface area contributed by atoms with E-state index in [0.29, 0.717) is 12.1 Å². The van der Waals surface area contributed by atoms with Gasteiger partial charge in [0.25, 0.3) is 0 Å². The van der Waals surface area contributed by atoms with E-state index >= 15 is 0 Å². The van der Waals surface area contributed by atoms with Gasteiger partial charge in [0, 0.05) is 17.5 Å². The molecule has 0 bridgehead atoms. The van der Waals surface area contributed by atoms with Crippen molar-refractivity contribution in [2.24, 2.45) is 0 Å². The highest BCUT2D eigenvalue weighted by Gasteiger charge is 2.13. The van der Waals surface area contributed by atoms with Crippen LogP contribution in [0.15, 0.2) is 41.8 Å². The minimum absolute atomic E-state index is 0.281. The lowest BCUT2D eigenvalue weighted by molar-refractivity contribution is 0.169. The van der Waals surface area contributed by atoms with E-state index in [0.717, 1.165) is 12.0 Å². The number of nitrogens with one attached hydrogen (secondary N) is 1. The molecular weight excluding hydrogens is 268 g/mol. The lowest BCUT2D eigenvalue weighted by Gasteiger charge is -2.18. The van der Waals surface area contributed by atoms with E-state index in [1.807, 2.05) is 6.07 Å². The van der Waals surface area contributed by atoms with Crippen molar-refractivity contribution in [2.75, 3.05) is 6.54 Å². The lowest BCUT2D eigenvalue weighted by atomic mass is 10.1. The first-order valence-electron chi connectivity index (χ1n) is 6.69. The highest BCUT2D eigenvalue weighted by atomic mass is 32.1. The van der Waals surface area contributed by atoms with Crippen molar-refractivity contribution in [3.63, 3.8) is 0 Å². The van der Waals surface area contributed by atoms with Gasteiger partial charge in [0.2, 0.25) is 0 Å². The predicted octanol–water partition coefficient (Wildman–Crippen LogP) is 3.39. The topological polar surface area (TPSA) is 56.0 Å². The number of aliphatic hydroxyl groups is 1. The van der Waals surface area contributed by atoms with Gasteiger partial charge in [0.15, 0.2) is 0 Å². The first-order chi connectivity index (χ1) is 9.74. The largest absolute Gasteiger partial charge is 0.387 e. The molecule has 2 unspecified atom stereocenters. The molecule has 2 N–H and O–H groups in total. The van der Waals surface area contributed by atoms with Crippen LogP contribution in [0.4, 0.5) is 0 Å². The van der Waals surface area contributed by atoms with E-state index in [4.69, 9.17) is 5.26 Å². The van der Waals surface area contributed by atoms with Crippen molar-refractivity contribution >= 4 is 11.3 Å². The summed E-state index contributed by atoms with van der Waals surface area (Å²) in [6.45, 7) is 2.63. The lowest BCUT2D eigenvalue weighted by Crippen LogP contribution is -2.25. The monoisotopic (exact) mass is 286 g/mol. The Bertz CT molecular complexity index is 557. The minimum Gasteiger partial charge on any atom is -0.387 e. The van der Waals surface area contributed by atoms with Crippen molar-refractivity contribution in [2.45, 2.75) is 25.5 Å². The number of hydrogen-bond acceptors (Lipinski definition) is 4. The van der Waals surface area contributed by atoms with Gasteiger partial charge in [0.05, 0.1) is 17.7 Å². The molecule has 0 radical (unpaired) electrons. The van der Waals surface area contributed by atoms with Crippen LogP contribution in [0, 0.1) is 11.3 Å². The molecule has 0 spiro atoms. The summed E-state index contributed by atoms with van der Waals surface area (Å²) in [6.07, 6.45) is 0.428. The second-order valence-corrected chi connectivity index (χ2v) is 5.61. The van der Waals surface area contributed by atoms with Gasteiger partial charge in [-0.05, 0) is 35.6 Å². The summed E-state index contributed by atoms with van der Waals surface area (Å²) >= 11 is 1.73. The van der Waals surface area contributed by atoms with Crippen molar-refractivity contribution in [3.8, 4) is 6.07 Å². The van der Waals surface area contributed by atoms with Crippen molar-refractivity contribution < 1.29 is 5.11 Å². The maximum absolute atomic E-state index is 10.2. The molecule has 3 nitrogen and oxygen atoms in total. The molecule has 1 aromatic heterocycles. The molecule has 2 rings (SSSR count). The summed E-state index contributed by atoms with van der Waals surface area (Å²) in [5.74, 6) is 0. The maximum atomic E-state index is 10.2. The zero-order chi connectivity index (χ0) is 14.4. The van der Waals surface area contributed by atoms with Crippen molar-refractivity contribution in [1.82, 2.24) is 5.32 Å². The Morgan fingerprint density at radius 3 is 2.60 bits per heavy atom. The van der Waals surface area contributed by atoms with Crippen LogP contribution in [0.1, 0.15) is 41.5 Å². The summed E-state index contributed by atoms with van der Waals surface area (Å²) in [6, 6.07) is 13.6. The van der Waals surface area contributed by atoms with E-state index < -0.39 is 6.10 Å². The fourth-order valence-corrected chi connectivity index (χ4v) is 2.97. The number of rotatable bonds is 6. The van der Waals surface area contributed by atoms with Crippen LogP contribution < -0.4 is 5.32 Å². The normalized spacial score (nSPS) is 13.7. The molecule has 0 aliphatic carbocycles. The van der Waals surface area contributed by atoms with E-state index in [2.05, 4.69) is 29.8 Å². The Kier molecular flexibility index (Phi) is 5.31. The Morgan fingerprint density at radius 2 is 2.05 bits per heavy atom. The van der Waals surface area contributed by atoms with Crippen LogP contribution in [-0.4, -0.2) is 11.7 Å². The molecule has 2 aromatic rings. The number of nitrogens with zero attached hydrogens (tertiary/aromatic N) is 1. The quantitative estimate of drug-likeness (QED) is 0.855. The molecule has 0 aliphatic rings. The zero-order valence-corrected chi connectivity index (χ0v) is 12.2. The molecular formula is C16H18N2OS. The molecule has 104 valence electrons. The summed E-state index contributed by atoms with van der Waals surface area (Å²) in [5.41, 5.74) is 1.44.